The summed E-state index contributed by atoms with van der Waals surface area (Å²) in [5.74, 6) is -2.84. The molecule has 0 saturated heterocycles. The van der Waals surface area contributed by atoms with Crippen LogP contribution in [0.25, 0.3) is 0 Å². The minimum Gasteiger partial charge on any atom is -0.483 e. The van der Waals surface area contributed by atoms with Gasteiger partial charge in [0.1, 0.15) is 23.8 Å². The summed E-state index contributed by atoms with van der Waals surface area (Å²) in [6, 6.07) is 12.1. The highest BCUT2D eigenvalue weighted by molar-refractivity contribution is 5.99. The highest BCUT2D eigenvalue weighted by atomic mass is 19.1. The third-order valence-corrected chi connectivity index (χ3v) is 5.65. The molecule has 0 radical (unpaired) electrons. The van der Waals surface area contributed by atoms with E-state index >= 15 is 0 Å². The van der Waals surface area contributed by atoms with Crippen LogP contribution in [0.4, 0.5) is 8.78 Å². The second-order valence-corrected chi connectivity index (χ2v) is 8.23. The van der Waals surface area contributed by atoms with Gasteiger partial charge in [-0.1, -0.05) is 36.4 Å². The summed E-state index contributed by atoms with van der Waals surface area (Å²) < 4.78 is 38.7. The maximum atomic E-state index is 13.9. The smallest absolute Gasteiger partial charge is 0.274 e. The summed E-state index contributed by atoms with van der Waals surface area (Å²) >= 11 is 0. The van der Waals surface area contributed by atoms with E-state index in [1.54, 1.807) is 23.7 Å². The van der Waals surface area contributed by atoms with Gasteiger partial charge in [0.25, 0.3) is 11.8 Å². The van der Waals surface area contributed by atoms with E-state index in [0.29, 0.717) is 19.6 Å². The lowest BCUT2D eigenvalue weighted by Crippen LogP contribution is -2.43. The number of ether oxygens (including phenoxy) is 2. The number of likely N-dealkylation sites (N-methyl/N-ethyl adjacent to an activating group) is 1. The number of nitrogens with one attached hydrogen (secondary N) is 1. The van der Waals surface area contributed by atoms with E-state index in [4.69, 9.17) is 4.74 Å². The molecule has 0 saturated carbocycles. The molecule has 196 valence electrons. The van der Waals surface area contributed by atoms with Gasteiger partial charge in [-0.2, -0.15) is 0 Å². The lowest BCUT2D eigenvalue weighted by atomic mass is 10.1. The van der Waals surface area contributed by atoms with E-state index in [1.807, 2.05) is 37.3 Å². The molecule has 0 bridgehead atoms. The van der Waals surface area contributed by atoms with Crippen molar-refractivity contribution in [2.45, 2.75) is 26.6 Å². The Morgan fingerprint density at radius 1 is 1.05 bits per heavy atom. The molecular formula is C27H29F2N3O5. The molecule has 8 nitrogen and oxygen atoms in total. The summed E-state index contributed by atoms with van der Waals surface area (Å²) in [4.78, 5) is 40.7. The third kappa shape index (κ3) is 6.59. The van der Waals surface area contributed by atoms with Crippen LogP contribution in [0, 0.1) is 11.6 Å². The molecular weight excluding hydrogens is 484 g/mol. The summed E-state index contributed by atoms with van der Waals surface area (Å²) in [6.07, 6.45) is 1.33. The zero-order valence-corrected chi connectivity index (χ0v) is 20.9. The first kappa shape index (κ1) is 27.5. The Kier molecular flexibility index (Phi) is 9.51. The molecule has 2 amide bonds. The van der Waals surface area contributed by atoms with E-state index in [-0.39, 0.29) is 41.6 Å². The maximum absolute atomic E-state index is 13.9. The van der Waals surface area contributed by atoms with E-state index < -0.39 is 23.0 Å². The monoisotopic (exact) mass is 513 g/mol. The Bertz CT molecular complexity index is 1310. The molecule has 2 aromatic carbocycles. The number of aromatic nitrogens is 1. The van der Waals surface area contributed by atoms with Crippen molar-refractivity contribution in [1.82, 2.24) is 14.8 Å². The van der Waals surface area contributed by atoms with Gasteiger partial charge in [0.05, 0.1) is 0 Å². The van der Waals surface area contributed by atoms with Crippen LogP contribution in [-0.2, 0) is 24.4 Å². The largest absolute Gasteiger partial charge is 0.483 e. The van der Waals surface area contributed by atoms with Gasteiger partial charge < -0.3 is 24.3 Å². The fraction of sp³-hybridized carbons (Fsp3) is 0.296. The fourth-order valence-corrected chi connectivity index (χ4v) is 3.78. The van der Waals surface area contributed by atoms with Crippen LogP contribution in [-0.4, -0.2) is 48.6 Å². The second kappa shape index (κ2) is 12.8. The predicted octanol–water partition coefficient (Wildman–Crippen LogP) is 3.37. The number of amides is 2. The summed E-state index contributed by atoms with van der Waals surface area (Å²) in [5, 5.41) is 2.49. The first-order chi connectivity index (χ1) is 17.8. The standard InChI is InChI=1S/C25H23F2N3O4.C2H6O/c1-2-29-10-11-30-14-19(24(32)28-13-17-8-9-18(26)12-20(17)27)22(31)23(21(30)25(29)33)34-15-16-6-4-3-5-7-16;1-3-2/h3-9,12,14H,2,10-11,13,15H2,1H3,(H,28,32);1-2H3. The van der Waals surface area contributed by atoms with Crippen LogP contribution in [0.1, 0.15) is 38.9 Å². The van der Waals surface area contributed by atoms with Gasteiger partial charge in [-0.25, -0.2) is 8.78 Å². The summed E-state index contributed by atoms with van der Waals surface area (Å²) in [6.45, 7) is 2.90. The van der Waals surface area contributed by atoms with Gasteiger partial charge in [0.2, 0.25) is 5.43 Å². The highest BCUT2D eigenvalue weighted by Crippen LogP contribution is 2.22. The molecule has 37 heavy (non-hydrogen) atoms. The van der Waals surface area contributed by atoms with Crippen molar-refractivity contribution in [2.75, 3.05) is 27.3 Å². The quantitative estimate of drug-likeness (QED) is 0.523. The lowest BCUT2D eigenvalue weighted by Gasteiger charge is -2.30. The average Bonchev–Trinajstić information content (AvgIpc) is 2.88. The van der Waals surface area contributed by atoms with Crippen LogP contribution < -0.4 is 15.5 Å². The van der Waals surface area contributed by atoms with Crippen molar-refractivity contribution in [3.8, 4) is 5.75 Å². The van der Waals surface area contributed by atoms with Crippen molar-refractivity contribution < 1.29 is 27.8 Å². The molecule has 1 N–H and O–H groups in total. The SMILES string of the molecule is CCN1CCn2cc(C(=O)NCc3ccc(F)cc3F)c(=O)c(OCc3ccccc3)c2C1=O.COC. The number of hydrogen-bond donors (Lipinski definition) is 1. The Hall–Kier alpha value is -4.05. The molecule has 0 aliphatic carbocycles. The van der Waals surface area contributed by atoms with Crippen LogP contribution >= 0.6 is 0 Å². The van der Waals surface area contributed by atoms with Crippen LogP contribution in [0.15, 0.2) is 59.5 Å². The first-order valence-corrected chi connectivity index (χ1v) is 11.7. The Labute approximate surface area is 213 Å². The second-order valence-electron chi connectivity index (χ2n) is 8.23. The molecule has 4 rings (SSSR count). The number of benzene rings is 2. The molecule has 0 fully saturated rings. The van der Waals surface area contributed by atoms with Gasteiger partial charge in [-0.15, -0.1) is 0 Å². The molecule has 1 aliphatic heterocycles. The number of carbonyl (C=O) groups is 2. The van der Waals surface area contributed by atoms with E-state index in [0.717, 1.165) is 17.7 Å². The molecule has 3 aromatic rings. The normalized spacial score (nSPS) is 12.4. The summed E-state index contributed by atoms with van der Waals surface area (Å²) in [5.41, 5.74) is -0.00664. The highest BCUT2D eigenvalue weighted by Gasteiger charge is 2.31. The minimum absolute atomic E-state index is 0.0361. The van der Waals surface area contributed by atoms with Crippen molar-refractivity contribution in [1.29, 1.82) is 0 Å². The van der Waals surface area contributed by atoms with Gasteiger partial charge in [-0.05, 0) is 18.6 Å². The van der Waals surface area contributed by atoms with Gasteiger partial charge >= 0.3 is 0 Å². The zero-order valence-electron chi connectivity index (χ0n) is 20.9. The number of fused-ring (bicyclic) bond motifs is 1. The Balaban J connectivity index is 0.00000121. The number of carbonyl (C=O) groups excluding carboxylic acids is 2. The van der Waals surface area contributed by atoms with Gasteiger partial charge in [0.15, 0.2) is 11.4 Å². The van der Waals surface area contributed by atoms with Crippen LogP contribution in [0.2, 0.25) is 0 Å². The number of nitrogens with zero attached hydrogens (tertiary/aromatic N) is 2. The van der Waals surface area contributed by atoms with Crippen molar-refractivity contribution in [2.24, 2.45) is 0 Å². The first-order valence-electron chi connectivity index (χ1n) is 11.7. The number of hydrogen-bond acceptors (Lipinski definition) is 5. The molecule has 0 atom stereocenters. The molecule has 0 unspecified atom stereocenters. The zero-order chi connectivity index (χ0) is 26.9. The van der Waals surface area contributed by atoms with E-state index in [2.05, 4.69) is 10.1 Å². The third-order valence-electron chi connectivity index (χ3n) is 5.65. The molecule has 1 aliphatic rings. The molecule has 10 heteroatoms. The number of halogens is 2. The number of methoxy groups -OCH3 is 1. The van der Waals surface area contributed by atoms with Crippen molar-refractivity contribution in [3.63, 3.8) is 0 Å². The van der Waals surface area contributed by atoms with Crippen LogP contribution in [0.3, 0.4) is 0 Å². The van der Waals surface area contributed by atoms with Crippen LogP contribution in [0.5, 0.6) is 5.75 Å². The molecule has 1 aromatic heterocycles. The maximum Gasteiger partial charge on any atom is 0.274 e. The lowest BCUT2D eigenvalue weighted by molar-refractivity contribution is 0.0702. The van der Waals surface area contributed by atoms with Crippen molar-refractivity contribution in [3.05, 3.63) is 99.0 Å². The number of rotatable bonds is 7. The molecule has 2 heterocycles. The minimum atomic E-state index is -0.806. The summed E-state index contributed by atoms with van der Waals surface area (Å²) in [7, 11) is 3.25. The molecule has 0 spiro atoms. The van der Waals surface area contributed by atoms with E-state index in [9.17, 15) is 23.2 Å². The van der Waals surface area contributed by atoms with E-state index in [1.165, 1.54) is 12.3 Å². The van der Waals surface area contributed by atoms with Crippen molar-refractivity contribution >= 4 is 11.8 Å². The Morgan fingerprint density at radius 3 is 2.41 bits per heavy atom. The van der Waals surface area contributed by atoms with Gasteiger partial charge in [0, 0.05) is 58.2 Å². The predicted molar refractivity (Wildman–Crippen MR) is 134 cm³/mol. The fourth-order valence-electron chi connectivity index (χ4n) is 3.78. The topological polar surface area (TPSA) is 89.9 Å². The number of pyridine rings is 1. The average molecular weight is 514 g/mol. The van der Waals surface area contributed by atoms with Gasteiger partial charge in [-0.3, -0.25) is 14.4 Å². The Morgan fingerprint density at radius 2 is 1.76 bits per heavy atom.